The van der Waals surface area contributed by atoms with Crippen molar-refractivity contribution in [3.05, 3.63) is 71.8 Å². The minimum absolute atomic E-state index is 0.359. The highest BCUT2D eigenvalue weighted by atomic mass is 28.3. The summed E-state index contributed by atoms with van der Waals surface area (Å²) < 4.78 is 5.71. The second-order valence-corrected chi connectivity index (χ2v) is 12.2. The Hall–Kier alpha value is -1.91. The fourth-order valence-electron chi connectivity index (χ4n) is 2.25. The second kappa shape index (κ2) is 7.57. The van der Waals surface area contributed by atoms with E-state index in [1.807, 2.05) is 48.5 Å². The van der Waals surface area contributed by atoms with Crippen LogP contribution in [0.1, 0.15) is 28.4 Å². The van der Waals surface area contributed by atoms with Crippen LogP contribution < -0.4 is 0 Å². The molecule has 0 unspecified atom stereocenters. The van der Waals surface area contributed by atoms with Crippen LogP contribution in [-0.2, 0) is 4.74 Å². The number of hydrogen-bond acceptors (Lipinski definition) is 3. The van der Waals surface area contributed by atoms with Gasteiger partial charge in [-0.2, -0.15) is 0 Å². The Kier molecular flexibility index (Phi) is 5.74. The van der Waals surface area contributed by atoms with E-state index in [0.717, 1.165) is 5.56 Å². The van der Waals surface area contributed by atoms with Gasteiger partial charge in [0.1, 0.15) is 6.10 Å². The van der Waals surface area contributed by atoms with Crippen LogP contribution in [0.2, 0.25) is 19.6 Å². The number of benzene rings is 2. The summed E-state index contributed by atoms with van der Waals surface area (Å²) in [6.07, 6.45) is -0.0104. The van der Waals surface area contributed by atoms with Crippen molar-refractivity contribution in [2.75, 3.05) is 0 Å². The Balaban J connectivity index is 2.19. The molecule has 0 heterocycles. The monoisotopic (exact) mass is 328 g/mol. The van der Waals surface area contributed by atoms with E-state index >= 15 is 0 Å². The number of hydrogen-bond donors (Lipinski definition) is 1. The van der Waals surface area contributed by atoms with Gasteiger partial charge in [0.05, 0.1) is 13.6 Å². The van der Waals surface area contributed by atoms with Crippen molar-refractivity contribution >= 4 is 14.0 Å². The molecule has 3 nitrogen and oxygen atoms in total. The first-order chi connectivity index (χ1) is 10.9. The Bertz CT molecular complexity index is 620. The van der Waals surface area contributed by atoms with Crippen molar-refractivity contribution in [2.45, 2.75) is 37.9 Å². The molecule has 0 fully saturated rings. The third-order valence-electron chi connectivity index (χ3n) is 3.87. The van der Waals surface area contributed by atoms with E-state index in [-0.39, 0.29) is 5.97 Å². The molecule has 0 bridgehead atoms. The molecule has 2 rings (SSSR count). The molecule has 0 aromatic heterocycles. The summed E-state index contributed by atoms with van der Waals surface area (Å²) in [6, 6.07) is 18.6. The van der Waals surface area contributed by atoms with Crippen molar-refractivity contribution in [3.63, 3.8) is 0 Å². The quantitative estimate of drug-likeness (QED) is 0.638. The summed E-state index contributed by atoms with van der Waals surface area (Å²) in [6.45, 7) is 6.33. The molecule has 4 heteroatoms. The van der Waals surface area contributed by atoms with Crippen molar-refractivity contribution in [2.24, 2.45) is 0 Å². The van der Waals surface area contributed by atoms with Gasteiger partial charge in [-0.3, -0.25) is 0 Å². The van der Waals surface area contributed by atoms with Gasteiger partial charge in [-0.15, -0.1) is 0 Å². The lowest BCUT2D eigenvalue weighted by Gasteiger charge is -2.28. The number of rotatable bonds is 6. The molecule has 0 aliphatic carbocycles. The van der Waals surface area contributed by atoms with Gasteiger partial charge in [-0.05, 0) is 17.7 Å². The third-order valence-corrected chi connectivity index (χ3v) is 6.10. The number of carbonyl (C=O) groups is 1. The van der Waals surface area contributed by atoms with Crippen molar-refractivity contribution in [1.82, 2.24) is 0 Å². The van der Waals surface area contributed by atoms with Crippen LogP contribution >= 0.6 is 0 Å². The molecule has 0 aliphatic rings. The Morgan fingerprint density at radius 3 is 2.04 bits per heavy atom. The standard InChI is InChI=1S/C19H24O3Si/c1-23(2,3)18(20)14-17(15-10-6-4-7-11-15)22-19(21)16-12-8-5-9-13-16/h4-13,17-18,20H,14H2,1-3H3/t17-,18+/m0/s1. The second-order valence-electron chi connectivity index (χ2n) is 6.79. The van der Waals surface area contributed by atoms with Gasteiger partial charge in [0.15, 0.2) is 0 Å². The smallest absolute Gasteiger partial charge is 0.338 e. The first kappa shape index (κ1) is 17.4. The number of carbonyl (C=O) groups excluding carboxylic acids is 1. The summed E-state index contributed by atoms with van der Waals surface area (Å²) in [5, 5.41) is 10.5. The van der Waals surface area contributed by atoms with E-state index in [0.29, 0.717) is 12.0 Å². The van der Waals surface area contributed by atoms with Gasteiger partial charge in [0.2, 0.25) is 0 Å². The van der Waals surface area contributed by atoms with Crippen molar-refractivity contribution < 1.29 is 14.6 Å². The fraction of sp³-hybridized carbons (Fsp3) is 0.316. The molecule has 1 N–H and O–H groups in total. The minimum Gasteiger partial charge on any atom is -0.454 e. The third kappa shape index (κ3) is 5.05. The average Bonchev–Trinajstić information content (AvgIpc) is 2.55. The molecule has 2 atom stereocenters. The molecular weight excluding hydrogens is 304 g/mol. The molecule has 2 aromatic carbocycles. The predicted octanol–water partition coefficient (Wildman–Crippen LogP) is 4.21. The van der Waals surface area contributed by atoms with Crippen LogP contribution in [-0.4, -0.2) is 24.9 Å². The minimum atomic E-state index is -1.72. The topological polar surface area (TPSA) is 46.5 Å². The van der Waals surface area contributed by atoms with E-state index in [1.165, 1.54) is 0 Å². The summed E-state index contributed by atoms with van der Waals surface area (Å²) >= 11 is 0. The normalized spacial score (nSPS) is 14.1. The highest BCUT2D eigenvalue weighted by molar-refractivity contribution is 6.77. The van der Waals surface area contributed by atoms with Gasteiger partial charge in [0.25, 0.3) is 0 Å². The Morgan fingerprint density at radius 2 is 1.52 bits per heavy atom. The lowest BCUT2D eigenvalue weighted by Crippen LogP contribution is -2.39. The number of esters is 1. The lowest BCUT2D eigenvalue weighted by molar-refractivity contribution is 0.0204. The van der Waals surface area contributed by atoms with Gasteiger partial charge in [-0.1, -0.05) is 68.2 Å². The molecule has 122 valence electrons. The number of aliphatic hydroxyl groups is 1. The summed E-state index contributed by atoms with van der Waals surface area (Å²) in [7, 11) is -1.72. The Morgan fingerprint density at radius 1 is 1.00 bits per heavy atom. The summed E-state index contributed by atoms with van der Waals surface area (Å²) in [5.41, 5.74) is 1.00. The summed E-state index contributed by atoms with van der Waals surface area (Å²) in [5.74, 6) is -0.359. The highest BCUT2D eigenvalue weighted by Gasteiger charge is 2.30. The molecule has 2 aromatic rings. The average molecular weight is 328 g/mol. The van der Waals surface area contributed by atoms with Crippen LogP contribution in [0, 0.1) is 0 Å². The van der Waals surface area contributed by atoms with Crippen LogP contribution in [0.3, 0.4) is 0 Å². The van der Waals surface area contributed by atoms with Gasteiger partial charge < -0.3 is 9.84 Å². The molecule has 23 heavy (non-hydrogen) atoms. The molecule has 0 saturated heterocycles. The molecule has 0 saturated carbocycles. The van der Waals surface area contributed by atoms with Crippen LogP contribution in [0.25, 0.3) is 0 Å². The van der Waals surface area contributed by atoms with Gasteiger partial charge in [0, 0.05) is 12.1 Å². The maximum absolute atomic E-state index is 12.4. The maximum Gasteiger partial charge on any atom is 0.338 e. The molecule has 0 radical (unpaired) electrons. The number of aliphatic hydroxyl groups excluding tert-OH is 1. The lowest BCUT2D eigenvalue weighted by atomic mass is 10.1. The molecule has 0 aliphatic heterocycles. The highest BCUT2D eigenvalue weighted by Crippen LogP contribution is 2.27. The molecule has 0 amide bonds. The van der Waals surface area contributed by atoms with E-state index < -0.39 is 19.9 Å². The van der Waals surface area contributed by atoms with E-state index in [9.17, 15) is 9.90 Å². The van der Waals surface area contributed by atoms with E-state index in [2.05, 4.69) is 19.6 Å². The Labute approximate surface area is 138 Å². The first-order valence-electron chi connectivity index (χ1n) is 7.87. The van der Waals surface area contributed by atoms with Crippen LogP contribution in [0.4, 0.5) is 0 Å². The van der Waals surface area contributed by atoms with E-state index in [4.69, 9.17) is 4.74 Å². The number of ether oxygens (including phenoxy) is 1. The SMILES string of the molecule is C[Si](C)(C)[C@@H](O)C[C@H](OC(=O)c1ccccc1)c1ccccc1. The largest absolute Gasteiger partial charge is 0.454 e. The molecular formula is C19H24O3Si. The van der Waals surface area contributed by atoms with E-state index in [1.54, 1.807) is 12.1 Å². The van der Waals surface area contributed by atoms with Crippen LogP contribution in [0.5, 0.6) is 0 Å². The zero-order valence-corrected chi connectivity index (χ0v) is 14.9. The maximum atomic E-state index is 12.4. The van der Waals surface area contributed by atoms with Crippen LogP contribution in [0.15, 0.2) is 60.7 Å². The summed E-state index contributed by atoms with van der Waals surface area (Å²) in [4.78, 5) is 12.4. The van der Waals surface area contributed by atoms with Crippen molar-refractivity contribution in [3.8, 4) is 0 Å². The zero-order chi connectivity index (χ0) is 16.9. The fourth-order valence-corrected chi connectivity index (χ4v) is 3.17. The zero-order valence-electron chi connectivity index (χ0n) is 13.9. The van der Waals surface area contributed by atoms with Crippen molar-refractivity contribution in [1.29, 1.82) is 0 Å². The first-order valence-corrected chi connectivity index (χ1v) is 11.4. The van der Waals surface area contributed by atoms with Gasteiger partial charge in [-0.25, -0.2) is 4.79 Å². The van der Waals surface area contributed by atoms with Gasteiger partial charge >= 0.3 is 5.97 Å². The molecule has 0 spiro atoms. The predicted molar refractivity (Wildman–Crippen MR) is 95.0 cm³/mol.